The fourth-order valence-electron chi connectivity index (χ4n) is 3.73. The van der Waals surface area contributed by atoms with Crippen LogP contribution in [-0.2, 0) is 16.0 Å². The third-order valence-corrected chi connectivity index (χ3v) is 5.05. The zero-order valence-electron chi connectivity index (χ0n) is 16.7. The van der Waals surface area contributed by atoms with Gasteiger partial charge in [-0.2, -0.15) is 0 Å². The van der Waals surface area contributed by atoms with Gasteiger partial charge in [0.1, 0.15) is 5.60 Å². The molecule has 0 bridgehead atoms. The molecular weight excluding hydrogens is 338 g/mol. The summed E-state index contributed by atoms with van der Waals surface area (Å²) in [5, 5.41) is 0. The van der Waals surface area contributed by atoms with E-state index in [9.17, 15) is 9.59 Å². The Balaban J connectivity index is 1.73. The zero-order chi connectivity index (χ0) is 19.6. The average molecular weight is 367 g/mol. The number of hydrogen-bond acceptors (Lipinski definition) is 3. The average Bonchev–Trinajstić information content (AvgIpc) is 2.89. The van der Waals surface area contributed by atoms with E-state index in [1.807, 2.05) is 27.7 Å². The van der Waals surface area contributed by atoms with Gasteiger partial charge >= 0.3 is 6.09 Å². The minimum Gasteiger partial charge on any atom is -0.443 e. The molecular formula is C23H29NO3. The first-order valence-corrected chi connectivity index (χ1v) is 9.75. The van der Waals surface area contributed by atoms with Crippen molar-refractivity contribution in [3.05, 3.63) is 53.6 Å². The number of rotatable bonds is 3. The van der Waals surface area contributed by atoms with Crippen molar-refractivity contribution in [2.45, 2.75) is 65.0 Å². The van der Waals surface area contributed by atoms with Crippen LogP contribution in [0.4, 0.5) is 4.79 Å². The Morgan fingerprint density at radius 3 is 2.52 bits per heavy atom. The van der Waals surface area contributed by atoms with Crippen molar-refractivity contribution >= 4 is 17.6 Å². The minimum absolute atomic E-state index is 0.134. The van der Waals surface area contributed by atoms with E-state index in [2.05, 4.69) is 42.5 Å². The van der Waals surface area contributed by atoms with Gasteiger partial charge in [0.15, 0.2) is 0 Å². The van der Waals surface area contributed by atoms with Crippen molar-refractivity contribution in [1.82, 2.24) is 4.90 Å². The number of benzene rings is 1. The van der Waals surface area contributed by atoms with Crippen molar-refractivity contribution in [3.8, 4) is 0 Å². The summed E-state index contributed by atoms with van der Waals surface area (Å²) in [5.41, 5.74) is 3.11. The van der Waals surface area contributed by atoms with Gasteiger partial charge in [-0.05, 0) is 63.2 Å². The number of likely N-dealkylation sites (tertiary alicyclic amines) is 1. The lowest BCUT2D eigenvalue weighted by atomic mass is 9.95. The first kappa shape index (κ1) is 19.4. The molecule has 0 N–H and O–H groups in total. The van der Waals surface area contributed by atoms with Gasteiger partial charge in [0, 0.05) is 12.0 Å². The van der Waals surface area contributed by atoms with Crippen LogP contribution in [0.3, 0.4) is 0 Å². The van der Waals surface area contributed by atoms with Crippen LogP contribution in [0.15, 0.2) is 42.5 Å². The Kier molecular flexibility index (Phi) is 5.54. The Hall–Kier alpha value is -2.36. The van der Waals surface area contributed by atoms with E-state index < -0.39 is 11.7 Å². The van der Waals surface area contributed by atoms with Gasteiger partial charge in [-0.15, -0.1) is 0 Å². The lowest BCUT2D eigenvalue weighted by molar-refractivity contribution is -0.130. The molecule has 4 nitrogen and oxygen atoms in total. The van der Waals surface area contributed by atoms with Crippen molar-refractivity contribution in [3.63, 3.8) is 0 Å². The summed E-state index contributed by atoms with van der Waals surface area (Å²) in [5.74, 6) is -0.286. The highest BCUT2D eigenvalue weighted by molar-refractivity contribution is 5.95. The zero-order valence-corrected chi connectivity index (χ0v) is 16.7. The summed E-state index contributed by atoms with van der Waals surface area (Å²) in [6, 6.07) is 8.34. The van der Waals surface area contributed by atoms with Crippen molar-refractivity contribution < 1.29 is 14.3 Å². The van der Waals surface area contributed by atoms with Crippen LogP contribution in [0, 0.1) is 5.92 Å². The van der Waals surface area contributed by atoms with Crippen molar-refractivity contribution in [2.24, 2.45) is 5.92 Å². The van der Waals surface area contributed by atoms with E-state index in [1.165, 1.54) is 16.0 Å². The van der Waals surface area contributed by atoms with Crippen molar-refractivity contribution in [2.75, 3.05) is 0 Å². The van der Waals surface area contributed by atoms with Crippen molar-refractivity contribution in [1.29, 1.82) is 0 Å². The lowest BCUT2D eigenvalue weighted by Crippen LogP contribution is -2.43. The highest BCUT2D eigenvalue weighted by Crippen LogP contribution is 2.30. The molecule has 1 saturated heterocycles. The fraction of sp³-hybridized carbons (Fsp3) is 0.478. The standard InChI is InChI=1S/C23H29NO3/c1-16-14-20(24(21(16)25)22(26)27-23(2,3)4)15-17-10-12-19(13-11-17)18-8-6-5-7-9-18/h5-6,8,10-13,16,20H,7,9,14-15H2,1-4H3/t16?,20-/m0/s1. The first-order chi connectivity index (χ1) is 12.7. The summed E-state index contributed by atoms with van der Waals surface area (Å²) >= 11 is 0. The number of hydrogen-bond donors (Lipinski definition) is 0. The van der Waals surface area contributed by atoms with Crippen LogP contribution in [-0.4, -0.2) is 28.5 Å². The van der Waals surface area contributed by atoms with Gasteiger partial charge in [0.25, 0.3) is 0 Å². The molecule has 1 aliphatic carbocycles. The smallest absolute Gasteiger partial charge is 0.417 e. The van der Waals surface area contributed by atoms with Gasteiger partial charge in [0.2, 0.25) is 5.91 Å². The molecule has 2 atom stereocenters. The molecule has 1 aliphatic heterocycles. The topological polar surface area (TPSA) is 46.6 Å². The molecule has 1 aromatic carbocycles. The predicted octanol–water partition coefficient (Wildman–Crippen LogP) is 5.13. The Labute approximate surface area is 161 Å². The lowest BCUT2D eigenvalue weighted by Gasteiger charge is -2.27. The molecule has 1 aromatic rings. The van der Waals surface area contributed by atoms with Gasteiger partial charge in [-0.3, -0.25) is 4.79 Å². The van der Waals surface area contributed by atoms with Crippen LogP contribution < -0.4 is 0 Å². The highest BCUT2D eigenvalue weighted by Gasteiger charge is 2.42. The maximum Gasteiger partial charge on any atom is 0.417 e. The molecule has 2 amide bonds. The number of allylic oxidation sites excluding steroid dienone is 4. The SMILES string of the molecule is CC1C[C@@H](Cc2ccc(C3=CC=CCC3)cc2)N(C(=O)OC(C)(C)C)C1=O. The molecule has 3 rings (SSSR count). The highest BCUT2D eigenvalue weighted by atomic mass is 16.6. The van der Waals surface area contributed by atoms with E-state index in [4.69, 9.17) is 4.74 Å². The first-order valence-electron chi connectivity index (χ1n) is 9.75. The molecule has 1 heterocycles. The van der Waals surface area contributed by atoms with Gasteiger partial charge in [-0.25, -0.2) is 9.69 Å². The van der Waals surface area contributed by atoms with E-state index in [-0.39, 0.29) is 17.9 Å². The van der Waals surface area contributed by atoms with E-state index in [1.54, 1.807) is 0 Å². The molecule has 1 fully saturated rings. The second-order valence-corrected chi connectivity index (χ2v) is 8.54. The Bertz CT molecular complexity index is 768. The molecule has 1 unspecified atom stereocenters. The van der Waals surface area contributed by atoms with Crippen LogP contribution >= 0.6 is 0 Å². The number of imide groups is 1. The molecule has 2 aliphatic rings. The molecule has 0 aromatic heterocycles. The van der Waals surface area contributed by atoms with Gasteiger partial charge in [0.05, 0.1) is 0 Å². The molecule has 0 saturated carbocycles. The summed E-state index contributed by atoms with van der Waals surface area (Å²) in [6.07, 6.45) is 9.41. The largest absolute Gasteiger partial charge is 0.443 e. The second-order valence-electron chi connectivity index (χ2n) is 8.54. The molecule has 4 heteroatoms. The summed E-state index contributed by atoms with van der Waals surface area (Å²) in [6.45, 7) is 7.33. The predicted molar refractivity (Wildman–Crippen MR) is 107 cm³/mol. The number of nitrogens with zero attached hydrogens (tertiary/aromatic N) is 1. The fourth-order valence-corrected chi connectivity index (χ4v) is 3.73. The Morgan fingerprint density at radius 1 is 1.22 bits per heavy atom. The molecule has 144 valence electrons. The maximum absolute atomic E-state index is 12.5. The third kappa shape index (κ3) is 4.68. The quantitative estimate of drug-likeness (QED) is 0.743. The third-order valence-electron chi connectivity index (χ3n) is 5.05. The molecule has 0 spiro atoms. The van der Waals surface area contributed by atoms with Crippen LogP contribution in [0.1, 0.15) is 58.1 Å². The monoisotopic (exact) mass is 367 g/mol. The molecule has 27 heavy (non-hydrogen) atoms. The van der Waals surface area contributed by atoms with Crippen LogP contribution in [0.25, 0.3) is 5.57 Å². The molecule has 0 radical (unpaired) electrons. The number of ether oxygens (including phenoxy) is 1. The van der Waals surface area contributed by atoms with Crippen LogP contribution in [0.5, 0.6) is 0 Å². The summed E-state index contributed by atoms with van der Waals surface area (Å²) in [7, 11) is 0. The Morgan fingerprint density at radius 2 is 1.93 bits per heavy atom. The number of carbonyl (C=O) groups excluding carboxylic acids is 2. The number of amides is 2. The van der Waals surface area contributed by atoms with E-state index in [0.717, 1.165) is 18.4 Å². The normalized spacial score (nSPS) is 22.7. The summed E-state index contributed by atoms with van der Waals surface area (Å²) < 4.78 is 5.46. The number of carbonyl (C=O) groups is 2. The second kappa shape index (κ2) is 7.71. The summed E-state index contributed by atoms with van der Waals surface area (Å²) in [4.78, 5) is 26.4. The van der Waals surface area contributed by atoms with Crippen LogP contribution in [0.2, 0.25) is 0 Å². The van der Waals surface area contributed by atoms with Gasteiger partial charge in [-0.1, -0.05) is 49.4 Å². The minimum atomic E-state index is -0.614. The maximum atomic E-state index is 12.5. The van der Waals surface area contributed by atoms with E-state index >= 15 is 0 Å². The van der Waals surface area contributed by atoms with Gasteiger partial charge < -0.3 is 4.74 Å². The van der Waals surface area contributed by atoms with E-state index in [0.29, 0.717) is 12.8 Å².